The predicted octanol–water partition coefficient (Wildman–Crippen LogP) is 2.48. The highest BCUT2D eigenvalue weighted by molar-refractivity contribution is 4.89. The molecule has 1 aliphatic carbocycles. The van der Waals surface area contributed by atoms with Gasteiger partial charge in [-0.15, -0.1) is 0 Å². The minimum absolute atomic E-state index is 0.0384. The smallest absolute Gasteiger partial charge is 0.0975 e. The van der Waals surface area contributed by atoms with Crippen molar-refractivity contribution >= 4 is 0 Å². The van der Waals surface area contributed by atoms with Crippen molar-refractivity contribution in [2.45, 2.75) is 51.5 Å². The number of nitrogens with zero attached hydrogens (tertiary/aromatic N) is 1. The van der Waals surface area contributed by atoms with Crippen LogP contribution in [-0.4, -0.2) is 25.8 Å². The minimum atomic E-state index is -0.0384. The average molecular weight is 224 g/mol. The molecule has 1 N–H and O–H groups in total. The van der Waals surface area contributed by atoms with Crippen molar-refractivity contribution in [1.82, 2.24) is 5.32 Å². The highest BCUT2D eigenvalue weighted by atomic mass is 16.5. The van der Waals surface area contributed by atoms with Crippen LogP contribution in [0.4, 0.5) is 0 Å². The molecule has 1 saturated carbocycles. The molecule has 92 valence electrons. The van der Waals surface area contributed by atoms with Gasteiger partial charge in [-0.2, -0.15) is 5.26 Å². The van der Waals surface area contributed by atoms with E-state index in [1.807, 2.05) is 0 Å². The van der Waals surface area contributed by atoms with Crippen LogP contribution in [0.15, 0.2) is 0 Å². The summed E-state index contributed by atoms with van der Waals surface area (Å²) >= 11 is 0. The van der Waals surface area contributed by atoms with Gasteiger partial charge in [0.15, 0.2) is 0 Å². The molecule has 0 amide bonds. The van der Waals surface area contributed by atoms with Crippen LogP contribution in [0, 0.1) is 17.2 Å². The summed E-state index contributed by atoms with van der Waals surface area (Å²) in [5.41, 5.74) is 0. The minimum Gasteiger partial charge on any atom is -0.381 e. The van der Waals surface area contributed by atoms with Crippen LogP contribution >= 0.6 is 0 Å². The van der Waals surface area contributed by atoms with Gasteiger partial charge in [0.1, 0.15) is 0 Å². The van der Waals surface area contributed by atoms with Crippen molar-refractivity contribution in [3.63, 3.8) is 0 Å². The first-order valence-corrected chi connectivity index (χ1v) is 6.57. The Kier molecular flexibility index (Phi) is 7.20. The molecule has 0 aromatic carbocycles. The van der Waals surface area contributed by atoms with Gasteiger partial charge in [-0.25, -0.2) is 0 Å². The molecular formula is C13H24N2O. The third-order valence-corrected chi connectivity index (χ3v) is 3.18. The fourth-order valence-corrected chi connectivity index (χ4v) is 2.16. The van der Waals surface area contributed by atoms with E-state index in [9.17, 15) is 0 Å². The van der Waals surface area contributed by atoms with E-state index in [4.69, 9.17) is 10.00 Å². The van der Waals surface area contributed by atoms with Crippen molar-refractivity contribution in [1.29, 1.82) is 5.26 Å². The third kappa shape index (κ3) is 5.48. The van der Waals surface area contributed by atoms with Crippen LogP contribution in [0.1, 0.15) is 45.4 Å². The Morgan fingerprint density at radius 1 is 1.44 bits per heavy atom. The molecule has 1 unspecified atom stereocenters. The van der Waals surface area contributed by atoms with E-state index >= 15 is 0 Å². The maximum atomic E-state index is 8.90. The Morgan fingerprint density at radius 3 is 2.81 bits per heavy atom. The van der Waals surface area contributed by atoms with Crippen LogP contribution in [0.5, 0.6) is 0 Å². The molecular weight excluding hydrogens is 200 g/mol. The lowest BCUT2D eigenvalue weighted by Gasteiger charge is -2.13. The number of hydrogen-bond donors (Lipinski definition) is 1. The summed E-state index contributed by atoms with van der Waals surface area (Å²) in [5, 5.41) is 12.1. The molecule has 1 rings (SSSR count). The molecule has 0 aliphatic heterocycles. The molecule has 1 atom stereocenters. The van der Waals surface area contributed by atoms with Crippen molar-refractivity contribution in [2.24, 2.45) is 5.92 Å². The average Bonchev–Trinajstić information content (AvgIpc) is 2.81. The van der Waals surface area contributed by atoms with Gasteiger partial charge in [0.2, 0.25) is 0 Å². The van der Waals surface area contributed by atoms with Gasteiger partial charge in [-0.3, -0.25) is 0 Å². The summed E-state index contributed by atoms with van der Waals surface area (Å²) in [5.74, 6) is 0.782. The lowest BCUT2D eigenvalue weighted by Crippen LogP contribution is -2.29. The molecule has 3 nitrogen and oxygen atoms in total. The van der Waals surface area contributed by atoms with E-state index in [1.165, 1.54) is 25.7 Å². The molecule has 0 aromatic heterocycles. The SMILES string of the molecule is CCCNC(C#N)CCOCC1CCCC1. The molecule has 16 heavy (non-hydrogen) atoms. The number of hydrogen-bond acceptors (Lipinski definition) is 3. The monoisotopic (exact) mass is 224 g/mol. The topological polar surface area (TPSA) is 45.0 Å². The fourth-order valence-electron chi connectivity index (χ4n) is 2.16. The normalized spacial score (nSPS) is 18.5. The largest absolute Gasteiger partial charge is 0.381 e. The van der Waals surface area contributed by atoms with Gasteiger partial charge >= 0.3 is 0 Å². The Balaban J connectivity index is 1.97. The second-order valence-corrected chi connectivity index (χ2v) is 4.65. The second kappa shape index (κ2) is 8.55. The first-order valence-electron chi connectivity index (χ1n) is 6.57. The van der Waals surface area contributed by atoms with Gasteiger partial charge in [-0.05, 0) is 38.1 Å². The molecule has 1 aliphatic rings. The Morgan fingerprint density at radius 2 is 2.19 bits per heavy atom. The quantitative estimate of drug-likeness (QED) is 0.644. The Bertz CT molecular complexity index is 206. The summed E-state index contributed by atoms with van der Waals surface area (Å²) in [4.78, 5) is 0. The standard InChI is InChI=1S/C13H24N2O/c1-2-8-15-13(10-14)7-9-16-11-12-5-3-4-6-12/h12-13,15H,2-9,11H2,1H3. The van der Waals surface area contributed by atoms with E-state index in [2.05, 4.69) is 18.3 Å². The first-order chi connectivity index (χ1) is 7.86. The zero-order valence-electron chi connectivity index (χ0n) is 10.4. The maximum Gasteiger partial charge on any atom is 0.0975 e. The predicted molar refractivity (Wildman–Crippen MR) is 65.1 cm³/mol. The lowest BCUT2D eigenvalue weighted by molar-refractivity contribution is 0.0963. The summed E-state index contributed by atoms with van der Waals surface area (Å²) in [6, 6.07) is 2.24. The molecule has 0 aromatic rings. The van der Waals surface area contributed by atoms with E-state index in [-0.39, 0.29) is 6.04 Å². The zero-order chi connectivity index (χ0) is 11.6. The molecule has 0 radical (unpaired) electrons. The second-order valence-electron chi connectivity index (χ2n) is 4.65. The van der Waals surface area contributed by atoms with Gasteiger partial charge < -0.3 is 10.1 Å². The number of ether oxygens (including phenoxy) is 1. The first kappa shape index (κ1) is 13.5. The lowest BCUT2D eigenvalue weighted by atomic mass is 10.1. The maximum absolute atomic E-state index is 8.90. The molecule has 0 spiro atoms. The van der Waals surface area contributed by atoms with E-state index in [0.717, 1.165) is 31.9 Å². The van der Waals surface area contributed by atoms with Gasteiger partial charge in [0, 0.05) is 13.2 Å². The number of rotatable bonds is 8. The van der Waals surface area contributed by atoms with Gasteiger partial charge in [-0.1, -0.05) is 19.8 Å². The number of nitriles is 1. The van der Waals surface area contributed by atoms with Crippen LogP contribution in [-0.2, 0) is 4.74 Å². The molecule has 1 fully saturated rings. The van der Waals surface area contributed by atoms with E-state index in [0.29, 0.717) is 6.61 Å². The molecule has 0 saturated heterocycles. The molecule has 0 bridgehead atoms. The Hall–Kier alpha value is -0.590. The summed E-state index contributed by atoms with van der Waals surface area (Å²) in [6.07, 6.45) is 7.27. The summed E-state index contributed by atoms with van der Waals surface area (Å²) in [6.45, 7) is 4.64. The van der Waals surface area contributed by atoms with Crippen LogP contribution in [0.3, 0.4) is 0 Å². The zero-order valence-corrected chi connectivity index (χ0v) is 10.4. The van der Waals surface area contributed by atoms with Crippen LogP contribution in [0.25, 0.3) is 0 Å². The summed E-state index contributed by atoms with van der Waals surface area (Å²) < 4.78 is 5.64. The number of nitrogens with one attached hydrogen (secondary N) is 1. The van der Waals surface area contributed by atoms with Crippen LogP contribution in [0.2, 0.25) is 0 Å². The third-order valence-electron chi connectivity index (χ3n) is 3.18. The van der Waals surface area contributed by atoms with E-state index in [1.54, 1.807) is 0 Å². The van der Waals surface area contributed by atoms with Crippen molar-refractivity contribution in [3.05, 3.63) is 0 Å². The molecule has 3 heteroatoms. The van der Waals surface area contributed by atoms with Crippen molar-refractivity contribution < 1.29 is 4.74 Å². The van der Waals surface area contributed by atoms with Gasteiger partial charge in [0.25, 0.3) is 0 Å². The van der Waals surface area contributed by atoms with Gasteiger partial charge in [0.05, 0.1) is 12.1 Å². The summed E-state index contributed by atoms with van der Waals surface area (Å²) in [7, 11) is 0. The molecule has 0 heterocycles. The van der Waals surface area contributed by atoms with Crippen molar-refractivity contribution in [2.75, 3.05) is 19.8 Å². The van der Waals surface area contributed by atoms with E-state index < -0.39 is 0 Å². The highest BCUT2D eigenvalue weighted by Gasteiger charge is 2.15. The Labute approximate surface area is 99.2 Å². The van der Waals surface area contributed by atoms with Crippen molar-refractivity contribution in [3.8, 4) is 6.07 Å². The highest BCUT2D eigenvalue weighted by Crippen LogP contribution is 2.24. The van der Waals surface area contributed by atoms with Crippen LogP contribution < -0.4 is 5.32 Å². The fraction of sp³-hybridized carbons (Fsp3) is 0.923.